The fourth-order valence-electron chi connectivity index (χ4n) is 3.72. The molecule has 1 aliphatic heterocycles. The Morgan fingerprint density at radius 2 is 1.78 bits per heavy atom. The number of piperidine rings is 1. The summed E-state index contributed by atoms with van der Waals surface area (Å²) >= 11 is 0. The molecule has 1 aliphatic rings. The van der Waals surface area contributed by atoms with Gasteiger partial charge in [-0.15, -0.1) is 0 Å². The number of para-hydroxylation sites is 1. The third kappa shape index (κ3) is 4.44. The van der Waals surface area contributed by atoms with Crippen LogP contribution in [0.4, 0.5) is 0 Å². The van der Waals surface area contributed by atoms with Crippen LogP contribution < -0.4 is 5.56 Å². The summed E-state index contributed by atoms with van der Waals surface area (Å²) in [5.41, 5.74) is 0.414. The Morgan fingerprint density at radius 1 is 1.12 bits per heavy atom. The largest absolute Gasteiger partial charge is 0.451 e. The minimum absolute atomic E-state index is 0.150. The van der Waals surface area contributed by atoms with Gasteiger partial charge >= 0.3 is 5.97 Å². The Labute approximate surface area is 186 Å². The lowest BCUT2D eigenvalue weighted by Gasteiger charge is -2.29. The molecule has 168 valence electrons. The summed E-state index contributed by atoms with van der Waals surface area (Å²) < 4.78 is 32.6. The zero-order valence-electron chi connectivity index (χ0n) is 17.9. The highest BCUT2D eigenvalue weighted by atomic mass is 32.2. The summed E-state index contributed by atoms with van der Waals surface area (Å²) in [6, 6.07) is 12.6. The van der Waals surface area contributed by atoms with Crippen LogP contribution in [0.2, 0.25) is 0 Å². The molecule has 0 aliphatic carbocycles. The number of fused-ring (bicyclic) bond motifs is 1. The van der Waals surface area contributed by atoms with Crippen molar-refractivity contribution in [1.82, 2.24) is 14.3 Å². The van der Waals surface area contributed by atoms with Crippen molar-refractivity contribution < 1.29 is 17.9 Å². The van der Waals surface area contributed by atoms with Crippen molar-refractivity contribution in [3.8, 4) is 0 Å². The van der Waals surface area contributed by atoms with Crippen LogP contribution in [0.3, 0.4) is 0 Å². The van der Waals surface area contributed by atoms with E-state index in [1.165, 1.54) is 28.6 Å². The van der Waals surface area contributed by atoms with Crippen molar-refractivity contribution in [2.24, 2.45) is 5.92 Å². The summed E-state index contributed by atoms with van der Waals surface area (Å²) in [6.07, 6.45) is 0.886. The molecule has 1 fully saturated rings. The van der Waals surface area contributed by atoms with Gasteiger partial charge < -0.3 is 9.72 Å². The number of hydrogen-bond donors (Lipinski definition) is 1. The normalized spacial score (nSPS) is 16.7. The molecule has 9 heteroatoms. The smallest absolute Gasteiger partial charge is 0.338 e. The lowest BCUT2D eigenvalue weighted by molar-refractivity contribution is 0.0320. The van der Waals surface area contributed by atoms with Crippen molar-refractivity contribution >= 4 is 26.9 Å². The average molecular weight is 456 g/mol. The molecule has 0 bridgehead atoms. The maximum absolute atomic E-state index is 12.8. The third-order valence-corrected chi connectivity index (χ3v) is 7.68. The standard InChI is InChI=1S/C23H25N3O5S/c1-15-11-13-26(14-12-15)32(29,30)18-9-7-17(8-10-18)23(28)31-16(2)21-24-20-6-4-3-5-19(20)22(27)25-21/h3-10,15-16H,11-14H2,1-2H3,(H,24,25,27)/t16-/m0/s1. The Morgan fingerprint density at radius 3 is 2.47 bits per heavy atom. The van der Waals surface area contributed by atoms with Gasteiger partial charge in [-0.1, -0.05) is 19.1 Å². The molecule has 1 saturated heterocycles. The third-order valence-electron chi connectivity index (χ3n) is 5.77. The van der Waals surface area contributed by atoms with Gasteiger partial charge in [-0.2, -0.15) is 4.31 Å². The number of benzene rings is 2. The number of nitrogens with one attached hydrogen (secondary N) is 1. The van der Waals surface area contributed by atoms with E-state index in [-0.39, 0.29) is 21.8 Å². The van der Waals surface area contributed by atoms with Crippen molar-refractivity contribution in [3.63, 3.8) is 0 Å². The van der Waals surface area contributed by atoms with Gasteiger partial charge in [0.25, 0.3) is 5.56 Å². The lowest BCUT2D eigenvalue weighted by atomic mass is 10.0. The number of carbonyl (C=O) groups is 1. The molecule has 2 heterocycles. The molecule has 1 N–H and O–H groups in total. The fourth-order valence-corrected chi connectivity index (χ4v) is 5.19. The van der Waals surface area contributed by atoms with E-state index in [1.54, 1.807) is 31.2 Å². The average Bonchev–Trinajstić information content (AvgIpc) is 2.79. The van der Waals surface area contributed by atoms with E-state index in [9.17, 15) is 18.0 Å². The second-order valence-corrected chi connectivity index (χ2v) is 10.1. The molecule has 2 aromatic carbocycles. The Bertz CT molecular complexity index is 1290. The number of esters is 1. The molecule has 0 saturated carbocycles. The van der Waals surface area contributed by atoms with E-state index >= 15 is 0 Å². The van der Waals surface area contributed by atoms with Crippen LogP contribution in [-0.2, 0) is 14.8 Å². The van der Waals surface area contributed by atoms with Gasteiger partial charge in [0.2, 0.25) is 10.0 Å². The van der Waals surface area contributed by atoms with Gasteiger partial charge in [0.05, 0.1) is 21.4 Å². The molecule has 0 unspecified atom stereocenters. The number of ether oxygens (including phenoxy) is 1. The molecule has 3 aromatic rings. The Balaban J connectivity index is 1.48. The summed E-state index contributed by atoms with van der Waals surface area (Å²) in [5, 5.41) is 0.453. The molecule has 0 radical (unpaired) electrons. The minimum Gasteiger partial charge on any atom is -0.451 e. The second kappa shape index (κ2) is 8.84. The molecular formula is C23H25N3O5S. The van der Waals surface area contributed by atoms with Gasteiger partial charge in [0.15, 0.2) is 11.9 Å². The lowest BCUT2D eigenvalue weighted by Crippen LogP contribution is -2.37. The molecule has 0 amide bonds. The minimum atomic E-state index is -3.59. The van der Waals surface area contributed by atoms with Crippen LogP contribution in [0.25, 0.3) is 10.9 Å². The van der Waals surface area contributed by atoms with Crippen molar-refractivity contribution in [2.75, 3.05) is 13.1 Å². The van der Waals surface area contributed by atoms with Crippen LogP contribution in [0.1, 0.15) is 49.0 Å². The van der Waals surface area contributed by atoms with Gasteiger partial charge in [0.1, 0.15) is 0 Å². The predicted octanol–water partition coefficient (Wildman–Crippen LogP) is 3.26. The number of carbonyl (C=O) groups excluding carboxylic acids is 1. The van der Waals surface area contributed by atoms with Gasteiger partial charge in [0, 0.05) is 13.1 Å². The first-order chi connectivity index (χ1) is 15.3. The number of H-pyrrole nitrogens is 1. The molecular weight excluding hydrogens is 430 g/mol. The zero-order chi connectivity index (χ0) is 22.9. The molecule has 32 heavy (non-hydrogen) atoms. The number of sulfonamides is 1. The Kier molecular flexibility index (Phi) is 6.12. The second-order valence-electron chi connectivity index (χ2n) is 8.13. The van der Waals surface area contributed by atoms with Crippen LogP contribution >= 0.6 is 0 Å². The number of rotatable bonds is 5. The van der Waals surface area contributed by atoms with Crippen molar-refractivity contribution in [3.05, 3.63) is 70.3 Å². The first-order valence-corrected chi connectivity index (χ1v) is 12.0. The van der Waals surface area contributed by atoms with E-state index in [1.807, 2.05) is 0 Å². The topological polar surface area (TPSA) is 109 Å². The summed E-state index contributed by atoms with van der Waals surface area (Å²) in [6.45, 7) is 4.74. The van der Waals surface area contributed by atoms with E-state index in [0.717, 1.165) is 12.8 Å². The Hall–Kier alpha value is -3.04. The van der Waals surface area contributed by atoms with Crippen LogP contribution in [-0.4, -0.2) is 41.7 Å². The summed E-state index contributed by atoms with van der Waals surface area (Å²) in [4.78, 5) is 32.0. The van der Waals surface area contributed by atoms with E-state index in [4.69, 9.17) is 4.74 Å². The number of aromatic nitrogens is 2. The maximum atomic E-state index is 12.8. The highest BCUT2D eigenvalue weighted by molar-refractivity contribution is 7.89. The highest BCUT2D eigenvalue weighted by Gasteiger charge is 2.28. The maximum Gasteiger partial charge on any atom is 0.338 e. The van der Waals surface area contributed by atoms with Gasteiger partial charge in [-0.3, -0.25) is 4.79 Å². The zero-order valence-corrected chi connectivity index (χ0v) is 18.8. The van der Waals surface area contributed by atoms with Crippen LogP contribution in [0.5, 0.6) is 0 Å². The monoisotopic (exact) mass is 455 g/mol. The number of hydrogen-bond acceptors (Lipinski definition) is 6. The predicted molar refractivity (Wildman–Crippen MR) is 120 cm³/mol. The molecule has 8 nitrogen and oxygen atoms in total. The van der Waals surface area contributed by atoms with E-state index in [2.05, 4.69) is 16.9 Å². The van der Waals surface area contributed by atoms with Crippen LogP contribution in [0.15, 0.2) is 58.2 Å². The van der Waals surface area contributed by atoms with E-state index in [0.29, 0.717) is 29.9 Å². The van der Waals surface area contributed by atoms with Crippen molar-refractivity contribution in [2.45, 2.75) is 37.7 Å². The SMILES string of the molecule is CC1CCN(S(=O)(=O)c2ccc(C(=O)O[C@@H](C)c3nc4ccccc4c(=O)[nH]3)cc2)CC1. The van der Waals surface area contributed by atoms with Crippen LogP contribution in [0, 0.1) is 5.92 Å². The highest BCUT2D eigenvalue weighted by Crippen LogP contribution is 2.24. The number of nitrogens with zero attached hydrogens (tertiary/aromatic N) is 2. The summed E-state index contributed by atoms with van der Waals surface area (Å²) in [5.74, 6) is 0.122. The first-order valence-electron chi connectivity index (χ1n) is 10.6. The first kappa shape index (κ1) is 22.2. The number of aromatic amines is 1. The van der Waals surface area contributed by atoms with Gasteiger partial charge in [-0.05, 0) is 62.1 Å². The van der Waals surface area contributed by atoms with E-state index < -0.39 is 22.1 Å². The molecule has 4 rings (SSSR count). The summed E-state index contributed by atoms with van der Waals surface area (Å²) in [7, 11) is -3.59. The molecule has 1 atom stereocenters. The van der Waals surface area contributed by atoms with Gasteiger partial charge in [-0.25, -0.2) is 18.2 Å². The van der Waals surface area contributed by atoms with Crippen molar-refractivity contribution in [1.29, 1.82) is 0 Å². The fraction of sp³-hybridized carbons (Fsp3) is 0.348. The quantitative estimate of drug-likeness (QED) is 0.592. The molecule has 0 spiro atoms. The molecule has 1 aromatic heterocycles.